The Morgan fingerprint density at radius 3 is 3.00 bits per heavy atom. The second-order valence-electron chi connectivity index (χ2n) is 6.64. The van der Waals surface area contributed by atoms with E-state index < -0.39 is 0 Å². The van der Waals surface area contributed by atoms with E-state index in [-0.39, 0.29) is 0 Å². The van der Waals surface area contributed by atoms with Gasteiger partial charge in [-0.05, 0) is 26.2 Å². The molecule has 3 fully saturated rings. The summed E-state index contributed by atoms with van der Waals surface area (Å²) in [4.78, 5) is 0. The van der Waals surface area contributed by atoms with Gasteiger partial charge in [-0.2, -0.15) is 5.10 Å². The molecule has 3 aliphatic rings. The molecule has 1 aromatic rings. The molecular weight excluding hydrogens is 238 g/mol. The van der Waals surface area contributed by atoms with Gasteiger partial charge in [0.2, 0.25) is 0 Å². The Labute approximate surface area is 114 Å². The molecule has 1 N–H and O–H groups in total. The van der Waals surface area contributed by atoms with Crippen LogP contribution in [-0.4, -0.2) is 28.5 Å². The molecule has 0 aromatic carbocycles. The van der Waals surface area contributed by atoms with Crippen LogP contribution in [0.1, 0.15) is 44.2 Å². The van der Waals surface area contributed by atoms with Crippen LogP contribution >= 0.6 is 0 Å². The van der Waals surface area contributed by atoms with E-state index in [4.69, 9.17) is 4.74 Å². The number of aryl methyl sites for hydroxylation is 1. The summed E-state index contributed by atoms with van der Waals surface area (Å²) in [6, 6.07) is 1.04. The Kier molecular flexibility index (Phi) is 2.55. The fourth-order valence-electron chi connectivity index (χ4n) is 4.52. The molecule has 1 spiro atoms. The highest BCUT2D eigenvalue weighted by molar-refractivity contribution is 5.20. The smallest absolute Gasteiger partial charge is 0.0690 e. The number of nitrogens with zero attached hydrogens (tertiary/aromatic N) is 2. The predicted octanol–water partition coefficient (Wildman–Crippen LogP) is 2.03. The van der Waals surface area contributed by atoms with Crippen molar-refractivity contribution in [3.05, 3.63) is 18.0 Å². The summed E-state index contributed by atoms with van der Waals surface area (Å²) in [5, 5.41) is 8.15. The van der Waals surface area contributed by atoms with E-state index in [9.17, 15) is 0 Å². The third-order valence-corrected chi connectivity index (χ3v) is 5.69. The van der Waals surface area contributed by atoms with Gasteiger partial charge in [0.25, 0.3) is 0 Å². The zero-order valence-electron chi connectivity index (χ0n) is 11.8. The molecule has 1 saturated heterocycles. The summed E-state index contributed by atoms with van der Waals surface area (Å²) in [6.45, 7) is 3.23. The van der Waals surface area contributed by atoms with Crippen molar-refractivity contribution >= 4 is 0 Å². The van der Waals surface area contributed by atoms with Crippen LogP contribution < -0.4 is 5.32 Å². The summed E-state index contributed by atoms with van der Waals surface area (Å²) in [5.74, 6) is 0.749. The van der Waals surface area contributed by atoms with Crippen molar-refractivity contribution in [2.24, 2.45) is 18.4 Å². The molecule has 1 aromatic heterocycles. The molecule has 4 atom stereocenters. The minimum absolute atomic E-state index is 0.387. The Hall–Kier alpha value is -0.870. The minimum Gasteiger partial charge on any atom is -0.377 e. The number of hydrogen-bond donors (Lipinski definition) is 1. The van der Waals surface area contributed by atoms with E-state index >= 15 is 0 Å². The molecule has 2 heterocycles. The lowest BCUT2D eigenvalue weighted by molar-refractivity contribution is -0.178. The Balaban J connectivity index is 1.50. The van der Waals surface area contributed by atoms with Crippen LogP contribution in [0.3, 0.4) is 0 Å². The van der Waals surface area contributed by atoms with Crippen LogP contribution in [0.4, 0.5) is 0 Å². The van der Waals surface area contributed by atoms with Gasteiger partial charge in [0.05, 0.1) is 12.3 Å². The molecule has 4 rings (SSSR count). The predicted molar refractivity (Wildman–Crippen MR) is 72.7 cm³/mol. The van der Waals surface area contributed by atoms with Crippen molar-refractivity contribution in [2.45, 2.75) is 50.8 Å². The van der Waals surface area contributed by atoms with E-state index in [2.05, 4.69) is 23.5 Å². The first kappa shape index (κ1) is 11.9. The Morgan fingerprint density at radius 2 is 2.37 bits per heavy atom. The molecule has 0 radical (unpaired) electrons. The first-order valence-corrected chi connectivity index (χ1v) is 7.57. The summed E-state index contributed by atoms with van der Waals surface area (Å²) >= 11 is 0. The third kappa shape index (κ3) is 1.56. The van der Waals surface area contributed by atoms with Gasteiger partial charge in [0.15, 0.2) is 0 Å². The number of ether oxygens (including phenoxy) is 1. The Bertz CT molecular complexity index is 479. The molecule has 19 heavy (non-hydrogen) atoms. The molecule has 4 heteroatoms. The first-order valence-electron chi connectivity index (χ1n) is 7.57. The zero-order valence-corrected chi connectivity index (χ0v) is 11.8. The number of aromatic nitrogens is 2. The van der Waals surface area contributed by atoms with Gasteiger partial charge in [-0.15, -0.1) is 0 Å². The van der Waals surface area contributed by atoms with Crippen molar-refractivity contribution < 1.29 is 4.74 Å². The molecule has 4 nitrogen and oxygen atoms in total. The van der Waals surface area contributed by atoms with E-state index in [0.717, 1.165) is 12.5 Å². The maximum Gasteiger partial charge on any atom is 0.0690 e. The summed E-state index contributed by atoms with van der Waals surface area (Å²) in [7, 11) is 1.98. The van der Waals surface area contributed by atoms with Crippen LogP contribution in [0, 0.1) is 11.3 Å². The quantitative estimate of drug-likeness (QED) is 0.905. The van der Waals surface area contributed by atoms with Gasteiger partial charge in [0.1, 0.15) is 0 Å². The van der Waals surface area contributed by atoms with Gasteiger partial charge in [-0.3, -0.25) is 4.68 Å². The van der Waals surface area contributed by atoms with Crippen molar-refractivity contribution in [3.63, 3.8) is 0 Å². The number of hydrogen-bond acceptors (Lipinski definition) is 3. The average molecular weight is 261 g/mol. The fraction of sp³-hybridized carbons (Fsp3) is 0.800. The summed E-state index contributed by atoms with van der Waals surface area (Å²) in [5.41, 5.74) is 1.76. The third-order valence-electron chi connectivity index (χ3n) is 5.69. The summed E-state index contributed by atoms with van der Waals surface area (Å²) in [6.07, 6.45) is 9.98. The Morgan fingerprint density at radius 1 is 1.53 bits per heavy atom. The van der Waals surface area contributed by atoms with E-state index in [1.807, 2.05) is 17.9 Å². The van der Waals surface area contributed by atoms with Crippen LogP contribution in [0.25, 0.3) is 0 Å². The van der Waals surface area contributed by atoms with E-state index in [1.54, 1.807) is 0 Å². The molecule has 2 aliphatic carbocycles. The highest BCUT2D eigenvalue weighted by atomic mass is 16.5. The number of rotatable bonds is 3. The standard InChI is InChI=1S/C15H23N3O/c1-10(11-8-16-18(2)9-11)17-13-12-4-7-19-14(12)15(13)5-3-6-15/h8-10,12-14,17H,3-7H2,1-2H3/t10-,12+,13+,14+/m0/s1. The zero-order chi connectivity index (χ0) is 13.0. The second kappa shape index (κ2) is 4.06. The summed E-state index contributed by atoms with van der Waals surface area (Å²) < 4.78 is 7.86. The molecular formula is C15H23N3O. The van der Waals surface area contributed by atoms with E-state index in [1.165, 1.54) is 31.2 Å². The van der Waals surface area contributed by atoms with Crippen molar-refractivity contribution in [1.29, 1.82) is 0 Å². The minimum atomic E-state index is 0.387. The fourth-order valence-corrected chi connectivity index (χ4v) is 4.52. The average Bonchev–Trinajstić information content (AvgIpc) is 2.91. The lowest BCUT2D eigenvalue weighted by Gasteiger charge is -2.64. The van der Waals surface area contributed by atoms with Crippen molar-refractivity contribution in [2.75, 3.05) is 6.61 Å². The molecule has 2 saturated carbocycles. The highest BCUT2D eigenvalue weighted by Crippen LogP contribution is 2.63. The van der Waals surface area contributed by atoms with Crippen LogP contribution in [0.2, 0.25) is 0 Å². The van der Waals surface area contributed by atoms with Crippen molar-refractivity contribution in [1.82, 2.24) is 15.1 Å². The SMILES string of the molecule is C[C@H](N[C@@H]1[C@H]2CCO[C@H]2C12CCC2)c1cnn(C)c1. The first-order chi connectivity index (χ1) is 9.21. The van der Waals surface area contributed by atoms with Crippen molar-refractivity contribution in [3.8, 4) is 0 Å². The molecule has 0 unspecified atom stereocenters. The van der Waals surface area contributed by atoms with Gasteiger partial charge in [-0.1, -0.05) is 6.42 Å². The number of fused-ring (bicyclic) bond motifs is 2. The van der Waals surface area contributed by atoms with Crippen LogP contribution in [0.5, 0.6) is 0 Å². The lowest BCUT2D eigenvalue weighted by atomic mass is 9.46. The van der Waals surface area contributed by atoms with Gasteiger partial charge >= 0.3 is 0 Å². The van der Waals surface area contributed by atoms with Gasteiger partial charge in [-0.25, -0.2) is 0 Å². The van der Waals surface area contributed by atoms with Crippen LogP contribution in [0.15, 0.2) is 12.4 Å². The monoisotopic (exact) mass is 261 g/mol. The maximum atomic E-state index is 5.97. The molecule has 104 valence electrons. The molecule has 0 amide bonds. The second-order valence-corrected chi connectivity index (χ2v) is 6.64. The topological polar surface area (TPSA) is 39.1 Å². The maximum absolute atomic E-state index is 5.97. The molecule has 0 bridgehead atoms. The van der Waals surface area contributed by atoms with Crippen LogP contribution in [-0.2, 0) is 11.8 Å². The number of nitrogens with one attached hydrogen (secondary N) is 1. The lowest BCUT2D eigenvalue weighted by Crippen LogP contribution is -2.71. The van der Waals surface area contributed by atoms with E-state index in [0.29, 0.717) is 23.6 Å². The molecule has 1 aliphatic heterocycles. The highest BCUT2D eigenvalue weighted by Gasteiger charge is 2.66. The normalized spacial score (nSPS) is 36.6. The van der Waals surface area contributed by atoms with Gasteiger partial charge < -0.3 is 10.1 Å². The van der Waals surface area contributed by atoms with Gasteiger partial charge in [0, 0.05) is 48.8 Å². The largest absolute Gasteiger partial charge is 0.377 e.